The second kappa shape index (κ2) is 7.70. The van der Waals surface area contributed by atoms with Gasteiger partial charge in [0.15, 0.2) is 11.5 Å². The van der Waals surface area contributed by atoms with Crippen LogP contribution in [0.25, 0.3) is 0 Å². The largest absolute Gasteiger partial charge is 0.573 e. The lowest BCUT2D eigenvalue weighted by molar-refractivity contribution is -0.274. The molecule has 9 heteroatoms. The van der Waals surface area contributed by atoms with E-state index in [9.17, 15) is 13.2 Å². The summed E-state index contributed by atoms with van der Waals surface area (Å²) in [6.45, 7) is 1.29. The number of nitrogens with two attached hydrogens (primary N) is 1. The average Bonchev–Trinajstić information content (AvgIpc) is 2.92. The maximum atomic E-state index is 12.6. The molecule has 2 aromatic carbocycles. The van der Waals surface area contributed by atoms with E-state index >= 15 is 0 Å². The number of nitrogens with zero attached hydrogens (tertiary/aromatic N) is 3. The number of rotatable bonds is 3. The molecule has 0 saturated heterocycles. The second-order valence-corrected chi connectivity index (χ2v) is 7.30. The first-order valence-corrected chi connectivity index (χ1v) is 9.70. The Balaban J connectivity index is 1.87. The van der Waals surface area contributed by atoms with Gasteiger partial charge in [0.25, 0.3) is 0 Å². The minimum Gasteiger partial charge on any atom is -0.406 e. The molecule has 5 nitrogen and oxygen atoms in total. The Morgan fingerprint density at radius 2 is 1.80 bits per heavy atom. The van der Waals surface area contributed by atoms with Gasteiger partial charge in [0.2, 0.25) is 0 Å². The van der Waals surface area contributed by atoms with Crippen molar-refractivity contribution in [1.82, 2.24) is 4.90 Å². The lowest BCUT2D eigenvalue weighted by Gasteiger charge is -2.32. The minimum absolute atomic E-state index is 0.305. The van der Waals surface area contributed by atoms with E-state index in [4.69, 9.17) is 23.6 Å². The number of halogens is 3. The standard InChI is InChI=1S/C21H20BF3N4O/c22-16-6-4-5-15(13-16)20(14-7-9-17(10-8-14)30-21(23,24)25)18-27-11-2-1-3-12-29(18)19(26)28-20/h4-10,13H,1-3,11-12H2,(H2,26,28). The molecule has 4 rings (SSSR count). The van der Waals surface area contributed by atoms with E-state index in [1.807, 2.05) is 17.0 Å². The van der Waals surface area contributed by atoms with E-state index in [1.165, 1.54) is 12.1 Å². The molecule has 0 saturated carbocycles. The fourth-order valence-corrected chi connectivity index (χ4v) is 3.97. The third kappa shape index (κ3) is 3.76. The molecule has 1 atom stereocenters. The van der Waals surface area contributed by atoms with Crippen LogP contribution in [-0.4, -0.2) is 44.0 Å². The van der Waals surface area contributed by atoms with E-state index in [2.05, 4.69) is 4.74 Å². The highest BCUT2D eigenvalue weighted by Crippen LogP contribution is 2.41. The summed E-state index contributed by atoms with van der Waals surface area (Å²) in [5, 5.41) is 0. The lowest BCUT2D eigenvalue weighted by Crippen LogP contribution is -2.45. The van der Waals surface area contributed by atoms with Crippen molar-refractivity contribution in [1.29, 1.82) is 0 Å². The van der Waals surface area contributed by atoms with Gasteiger partial charge in [-0.3, -0.25) is 9.89 Å². The fraction of sp³-hybridized carbons (Fsp3) is 0.333. The molecular formula is C21H20BF3N4O. The number of alkyl halides is 3. The minimum atomic E-state index is -4.76. The molecule has 0 fully saturated rings. The summed E-state index contributed by atoms with van der Waals surface area (Å²) in [7, 11) is 6.04. The zero-order chi connectivity index (χ0) is 21.4. The van der Waals surface area contributed by atoms with Crippen LogP contribution >= 0.6 is 0 Å². The van der Waals surface area contributed by atoms with Crippen molar-refractivity contribution in [2.75, 3.05) is 13.1 Å². The fourth-order valence-electron chi connectivity index (χ4n) is 3.97. The first-order chi connectivity index (χ1) is 14.3. The Kier molecular flexibility index (Phi) is 5.21. The van der Waals surface area contributed by atoms with Crippen LogP contribution in [0.15, 0.2) is 58.5 Å². The average molecular weight is 412 g/mol. The van der Waals surface area contributed by atoms with Crippen LogP contribution < -0.4 is 15.9 Å². The van der Waals surface area contributed by atoms with Gasteiger partial charge >= 0.3 is 6.36 Å². The highest BCUT2D eigenvalue weighted by Gasteiger charge is 2.48. The van der Waals surface area contributed by atoms with Crippen molar-refractivity contribution >= 4 is 25.1 Å². The van der Waals surface area contributed by atoms with Gasteiger partial charge in [-0.05, 0) is 42.5 Å². The summed E-state index contributed by atoms with van der Waals surface area (Å²) in [5.41, 5.74) is 7.13. The van der Waals surface area contributed by atoms with E-state index in [0.29, 0.717) is 35.9 Å². The summed E-state index contributed by atoms with van der Waals surface area (Å²) < 4.78 is 41.8. The molecule has 30 heavy (non-hydrogen) atoms. The van der Waals surface area contributed by atoms with Gasteiger partial charge in [-0.15, -0.1) is 13.2 Å². The number of aliphatic imine (C=N–C) groups is 2. The van der Waals surface area contributed by atoms with Gasteiger partial charge in [-0.2, -0.15) is 0 Å². The molecule has 0 aliphatic carbocycles. The number of guanidine groups is 1. The highest BCUT2D eigenvalue weighted by molar-refractivity contribution is 6.32. The smallest absolute Gasteiger partial charge is 0.406 e. The highest BCUT2D eigenvalue weighted by atomic mass is 19.4. The van der Waals surface area contributed by atoms with Crippen molar-refractivity contribution in [3.8, 4) is 5.75 Å². The molecule has 0 amide bonds. The van der Waals surface area contributed by atoms with Crippen LogP contribution in [0.1, 0.15) is 30.4 Å². The molecule has 1 unspecified atom stereocenters. The Labute approximate surface area is 173 Å². The van der Waals surface area contributed by atoms with Crippen LogP contribution in [0.2, 0.25) is 0 Å². The van der Waals surface area contributed by atoms with Crippen molar-refractivity contribution in [3.63, 3.8) is 0 Å². The van der Waals surface area contributed by atoms with E-state index in [1.54, 1.807) is 24.3 Å². The second-order valence-electron chi connectivity index (χ2n) is 7.30. The van der Waals surface area contributed by atoms with Crippen LogP contribution in [0, 0.1) is 0 Å². The van der Waals surface area contributed by atoms with Gasteiger partial charge in [0.05, 0.1) is 0 Å². The zero-order valence-electron chi connectivity index (χ0n) is 16.2. The van der Waals surface area contributed by atoms with Crippen molar-refractivity contribution in [2.45, 2.75) is 31.2 Å². The van der Waals surface area contributed by atoms with Gasteiger partial charge in [-0.1, -0.05) is 41.9 Å². The molecule has 2 aromatic rings. The van der Waals surface area contributed by atoms with E-state index in [0.717, 1.165) is 24.8 Å². The van der Waals surface area contributed by atoms with Crippen LogP contribution in [0.4, 0.5) is 13.2 Å². The van der Waals surface area contributed by atoms with Crippen LogP contribution in [0.5, 0.6) is 5.75 Å². The monoisotopic (exact) mass is 412 g/mol. The van der Waals surface area contributed by atoms with Crippen molar-refractivity contribution in [2.24, 2.45) is 15.7 Å². The summed E-state index contributed by atoms with van der Waals surface area (Å²) in [4.78, 5) is 11.5. The van der Waals surface area contributed by atoms with Crippen molar-refractivity contribution in [3.05, 3.63) is 59.7 Å². The summed E-state index contributed by atoms with van der Waals surface area (Å²) in [6, 6.07) is 12.9. The number of hydrogen-bond donors (Lipinski definition) is 1. The molecule has 2 aliphatic heterocycles. The summed E-state index contributed by atoms with van der Waals surface area (Å²) in [6.07, 6.45) is -1.83. The maximum absolute atomic E-state index is 12.6. The molecule has 2 heterocycles. The number of benzene rings is 2. The van der Waals surface area contributed by atoms with Gasteiger partial charge < -0.3 is 10.5 Å². The Hall–Kier alpha value is -2.97. The molecule has 2 aliphatic rings. The molecule has 0 aromatic heterocycles. The molecular weight excluding hydrogens is 392 g/mol. The third-order valence-corrected chi connectivity index (χ3v) is 5.25. The van der Waals surface area contributed by atoms with E-state index < -0.39 is 11.9 Å². The third-order valence-electron chi connectivity index (χ3n) is 5.25. The Morgan fingerprint density at radius 1 is 1.03 bits per heavy atom. The summed E-state index contributed by atoms with van der Waals surface area (Å²) >= 11 is 0. The van der Waals surface area contributed by atoms with Crippen LogP contribution in [-0.2, 0) is 5.54 Å². The van der Waals surface area contributed by atoms with Crippen LogP contribution in [0.3, 0.4) is 0 Å². The van der Waals surface area contributed by atoms with Gasteiger partial charge in [0, 0.05) is 13.1 Å². The number of ether oxygens (including phenoxy) is 1. The molecule has 0 spiro atoms. The van der Waals surface area contributed by atoms with E-state index in [-0.39, 0.29) is 5.75 Å². The predicted octanol–water partition coefficient (Wildman–Crippen LogP) is 2.84. The normalized spacial score (nSPS) is 21.9. The number of fused-ring (bicyclic) bond motifs is 1. The van der Waals surface area contributed by atoms with Gasteiger partial charge in [-0.25, -0.2) is 4.99 Å². The summed E-state index contributed by atoms with van der Waals surface area (Å²) in [5.74, 6) is 0.684. The molecule has 154 valence electrons. The lowest BCUT2D eigenvalue weighted by atomic mass is 9.79. The maximum Gasteiger partial charge on any atom is 0.573 e. The molecule has 2 N–H and O–H groups in total. The predicted molar refractivity (Wildman–Crippen MR) is 110 cm³/mol. The zero-order valence-corrected chi connectivity index (χ0v) is 16.2. The molecule has 2 radical (unpaired) electrons. The molecule has 0 bridgehead atoms. The number of amidine groups is 1. The van der Waals surface area contributed by atoms with Gasteiger partial charge in [0.1, 0.15) is 19.4 Å². The first kappa shape index (κ1) is 20.3. The topological polar surface area (TPSA) is 63.2 Å². The SMILES string of the molecule is [B]c1cccc(C2(c3ccc(OC(F)(F)F)cc3)N=C(N)N3CCCCCN=C32)c1. The number of hydrogen-bond acceptors (Lipinski definition) is 5. The first-order valence-electron chi connectivity index (χ1n) is 9.70. The quantitative estimate of drug-likeness (QED) is 0.789. The Bertz CT molecular complexity index is 990. The van der Waals surface area contributed by atoms with Crippen molar-refractivity contribution < 1.29 is 17.9 Å². The Morgan fingerprint density at radius 3 is 2.50 bits per heavy atom.